The minimum atomic E-state index is -0.383. The van der Waals surface area contributed by atoms with E-state index in [1.54, 1.807) is 0 Å². The van der Waals surface area contributed by atoms with E-state index in [0.717, 1.165) is 19.4 Å². The molecular weight excluding hydrogens is 298 g/mol. The van der Waals surface area contributed by atoms with Crippen LogP contribution in [0.1, 0.15) is 43.7 Å². The minimum Gasteiger partial charge on any atom is -0.259 e. The van der Waals surface area contributed by atoms with Crippen molar-refractivity contribution in [2.24, 2.45) is 0 Å². The van der Waals surface area contributed by atoms with Crippen molar-refractivity contribution < 1.29 is 9.78 Å². The van der Waals surface area contributed by atoms with Crippen molar-refractivity contribution in [3.05, 3.63) is 71.8 Å². The van der Waals surface area contributed by atoms with Crippen LogP contribution in [0.25, 0.3) is 0 Å². The molecule has 126 valence electrons. The second-order valence-electron chi connectivity index (χ2n) is 7.03. The van der Waals surface area contributed by atoms with Gasteiger partial charge < -0.3 is 0 Å². The fourth-order valence-electron chi connectivity index (χ4n) is 4.43. The minimum absolute atomic E-state index is 0.163. The molecule has 2 aromatic carbocycles. The SMILES string of the molecule is CC1(N2CCCCC2(c2ccccc2)c2ccccc2)CCOO1. The van der Waals surface area contributed by atoms with Gasteiger partial charge in [0.05, 0.1) is 12.1 Å². The van der Waals surface area contributed by atoms with Crippen LogP contribution < -0.4 is 0 Å². The summed E-state index contributed by atoms with van der Waals surface area (Å²) in [5, 5.41) is 0. The highest BCUT2D eigenvalue weighted by atomic mass is 17.2. The first-order valence-corrected chi connectivity index (χ1v) is 8.95. The fraction of sp³-hybridized carbons (Fsp3) is 0.429. The summed E-state index contributed by atoms with van der Waals surface area (Å²) in [5.41, 5.74) is 2.13. The van der Waals surface area contributed by atoms with Crippen molar-refractivity contribution in [3.8, 4) is 0 Å². The third kappa shape index (κ3) is 2.48. The number of piperidine rings is 1. The van der Waals surface area contributed by atoms with E-state index in [1.807, 2.05) is 0 Å². The lowest BCUT2D eigenvalue weighted by molar-refractivity contribution is -0.350. The van der Waals surface area contributed by atoms with Crippen molar-refractivity contribution in [1.82, 2.24) is 4.90 Å². The van der Waals surface area contributed by atoms with Crippen molar-refractivity contribution in [2.45, 2.75) is 43.9 Å². The lowest BCUT2D eigenvalue weighted by atomic mass is 9.73. The van der Waals surface area contributed by atoms with Gasteiger partial charge in [0.1, 0.15) is 0 Å². The number of nitrogens with zero attached hydrogens (tertiary/aromatic N) is 1. The Hall–Kier alpha value is -1.68. The van der Waals surface area contributed by atoms with Gasteiger partial charge in [-0.3, -0.25) is 4.90 Å². The molecule has 0 radical (unpaired) electrons. The summed E-state index contributed by atoms with van der Waals surface area (Å²) in [6.07, 6.45) is 4.41. The topological polar surface area (TPSA) is 21.7 Å². The average Bonchev–Trinajstić information content (AvgIpc) is 3.11. The molecule has 24 heavy (non-hydrogen) atoms. The largest absolute Gasteiger partial charge is 0.259 e. The van der Waals surface area contributed by atoms with Crippen LogP contribution >= 0.6 is 0 Å². The maximum Gasteiger partial charge on any atom is 0.157 e. The maximum absolute atomic E-state index is 5.80. The quantitative estimate of drug-likeness (QED) is 0.777. The van der Waals surface area contributed by atoms with Crippen LogP contribution in [0.2, 0.25) is 0 Å². The van der Waals surface area contributed by atoms with E-state index in [9.17, 15) is 0 Å². The molecule has 2 aliphatic heterocycles. The number of benzene rings is 2. The van der Waals surface area contributed by atoms with E-state index < -0.39 is 0 Å². The third-order valence-corrected chi connectivity index (χ3v) is 5.59. The first kappa shape index (κ1) is 15.8. The molecule has 2 aromatic rings. The van der Waals surface area contributed by atoms with E-state index in [4.69, 9.17) is 9.78 Å². The summed E-state index contributed by atoms with van der Waals surface area (Å²) in [7, 11) is 0. The zero-order chi connectivity index (χ0) is 16.5. The number of hydrogen-bond acceptors (Lipinski definition) is 3. The first-order valence-electron chi connectivity index (χ1n) is 8.95. The van der Waals surface area contributed by atoms with Crippen LogP contribution in [0.5, 0.6) is 0 Å². The van der Waals surface area contributed by atoms with Crippen LogP contribution in [0.15, 0.2) is 60.7 Å². The normalized spacial score (nSPS) is 27.2. The molecule has 3 heteroatoms. The molecule has 2 aliphatic rings. The van der Waals surface area contributed by atoms with Crippen molar-refractivity contribution in [3.63, 3.8) is 0 Å². The summed E-state index contributed by atoms with van der Waals surface area (Å²) in [6, 6.07) is 21.8. The van der Waals surface area contributed by atoms with Crippen molar-refractivity contribution in [1.29, 1.82) is 0 Å². The Balaban J connectivity index is 1.90. The lowest BCUT2D eigenvalue weighted by Gasteiger charge is -2.53. The Bertz CT molecular complexity index is 625. The van der Waals surface area contributed by atoms with Crippen molar-refractivity contribution in [2.75, 3.05) is 13.2 Å². The predicted molar refractivity (Wildman–Crippen MR) is 94.3 cm³/mol. The highest BCUT2D eigenvalue weighted by molar-refractivity contribution is 5.39. The molecule has 2 fully saturated rings. The molecule has 0 amide bonds. The lowest BCUT2D eigenvalue weighted by Crippen LogP contribution is -2.60. The maximum atomic E-state index is 5.80. The number of hydrogen-bond donors (Lipinski definition) is 0. The van der Waals surface area contributed by atoms with Gasteiger partial charge in [0.15, 0.2) is 5.72 Å². The van der Waals surface area contributed by atoms with Gasteiger partial charge in [0.2, 0.25) is 0 Å². The summed E-state index contributed by atoms with van der Waals surface area (Å²) in [5.74, 6) is 0. The van der Waals surface area contributed by atoms with E-state index >= 15 is 0 Å². The molecule has 0 spiro atoms. The first-order chi connectivity index (χ1) is 11.8. The van der Waals surface area contributed by atoms with E-state index in [0.29, 0.717) is 6.61 Å². The smallest absolute Gasteiger partial charge is 0.157 e. The molecule has 1 unspecified atom stereocenters. The molecule has 0 saturated carbocycles. The summed E-state index contributed by atoms with van der Waals surface area (Å²) >= 11 is 0. The zero-order valence-electron chi connectivity index (χ0n) is 14.3. The summed E-state index contributed by atoms with van der Waals surface area (Å²) in [4.78, 5) is 13.7. The second kappa shape index (κ2) is 6.32. The molecule has 0 aromatic heterocycles. The van der Waals surface area contributed by atoms with Crippen LogP contribution in [0.3, 0.4) is 0 Å². The van der Waals surface area contributed by atoms with Crippen LogP contribution in [0.4, 0.5) is 0 Å². The number of likely N-dealkylation sites (tertiary alicyclic amines) is 1. The van der Waals surface area contributed by atoms with Gasteiger partial charge in [-0.2, -0.15) is 0 Å². The molecule has 3 nitrogen and oxygen atoms in total. The highest BCUT2D eigenvalue weighted by Crippen LogP contribution is 2.48. The molecule has 2 heterocycles. The van der Waals surface area contributed by atoms with Crippen LogP contribution in [0, 0.1) is 0 Å². The fourth-order valence-corrected chi connectivity index (χ4v) is 4.43. The Labute approximate surface area is 144 Å². The summed E-state index contributed by atoms with van der Waals surface area (Å²) < 4.78 is 0. The van der Waals surface area contributed by atoms with Gasteiger partial charge in [-0.25, -0.2) is 9.78 Å². The highest BCUT2D eigenvalue weighted by Gasteiger charge is 2.52. The molecule has 0 aliphatic carbocycles. The van der Waals surface area contributed by atoms with E-state index in [2.05, 4.69) is 72.5 Å². The molecule has 4 rings (SSSR count). The zero-order valence-corrected chi connectivity index (χ0v) is 14.3. The molecular formula is C21H25NO2. The van der Waals surface area contributed by atoms with E-state index in [-0.39, 0.29) is 11.3 Å². The van der Waals surface area contributed by atoms with Gasteiger partial charge in [0, 0.05) is 13.0 Å². The molecule has 1 atom stereocenters. The molecule has 0 bridgehead atoms. The Kier molecular flexibility index (Phi) is 4.17. The Morgan fingerprint density at radius 3 is 2.00 bits per heavy atom. The van der Waals surface area contributed by atoms with Gasteiger partial charge in [-0.1, -0.05) is 60.7 Å². The summed E-state index contributed by atoms with van der Waals surface area (Å²) in [6.45, 7) is 3.85. The van der Waals surface area contributed by atoms with Crippen LogP contribution in [-0.4, -0.2) is 23.8 Å². The van der Waals surface area contributed by atoms with Gasteiger partial charge in [-0.15, -0.1) is 0 Å². The Morgan fingerprint density at radius 2 is 1.46 bits per heavy atom. The standard InChI is InChI=1S/C21H25NO2/c1-20(15-17-23-24-20)22-16-9-8-14-21(22,18-10-4-2-5-11-18)19-12-6-3-7-13-19/h2-7,10-13H,8-9,14-17H2,1H3. The molecule has 0 N–H and O–H groups in total. The second-order valence-corrected chi connectivity index (χ2v) is 7.03. The van der Waals surface area contributed by atoms with Crippen LogP contribution in [-0.2, 0) is 15.3 Å². The average molecular weight is 323 g/mol. The third-order valence-electron chi connectivity index (χ3n) is 5.59. The number of rotatable bonds is 3. The van der Waals surface area contributed by atoms with Gasteiger partial charge in [-0.05, 0) is 37.3 Å². The van der Waals surface area contributed by atoms with Crippen molar-refractivity contribution >= 4 is 0 Å². The van der Waals surface area contributed by atoms with Gasteiger partial charge >= 0.3 is 0 Å². The monoisotopic (exact) mass is 323 g/mol. The van der Waals surface area contributed by atoms with Gasteiger partial charge in [0.25, 0.3) is 0 Å². The molecule has 2 saturated heterocycles. The Morgan fingerprint density at radius 1 is 0.833 bits per heavy atom. The van der Waals surface area contributed by atoms with E-state index in [1.165, 1.54) is 24.0 Å². The predicted octanol–water partition coefficient (Wildman–Crippen LogP) is 4.48.